The molecule has 1 saturated heterocycles. The van der Waals surface area contributed by atoms with Gasteiger partial charge < -0.3 is 30.9 Å². The Morgan fingerprint density at radius 2 is 1.45 bits per heavy atom. The maximum Gasteiger partial charge on any atom is 0.296 e. The van der Waals surface area contributed by atoms with Crippen LogP contribution in [-0.2, 0) is 35.1 Å². The Hall–Kier alpha value is -7.42. The van der Waals surface area contributed by atoms with Crippen molar-refractivity contribution in [3.05, 3.63) is 87.3 Å². The number of amides is 1. The second-order valence-electron chi connectivity index (χ2n) is 15.7. The standard InChI is InChI=1S/C41H37Cl2N15O12S3/c1-20(59)46-27-18-29(30(70-2)19-28(27)56-55-23-16-26-25(32(17-23)72(64,65)66)4-3-5-31(26)71(61,62)63)48-40-50-36(42)49-38(53-40)45-8-9-57-10-12-58(13-11-57)41-52-37(43)51-39(54-41)47-22-6-7-24-21(14-22)15-33(73(67,68)69)34(44)35(24)60/h3-7,14-19,44H,8-13H2,1-2H3,(H,46,59)(H,61,62,63)(H,64,65,66)(H,67,68,69)(H,47,51,52,54)(H2,45,48,49,50,53). The van der Waals surface area contributed by atoms with Crippen molar-refractivity contribution in [2.24, 2.45) is 10.2 Å². The summed E-state index contributed by atoms with van der Waals surface area (Å²) in [5.74, 6) is -0.829. The van der Waals surface area contributed by atoms with E-state index in [4.69, 9.17) is 33.3 Å². The van der Waals surface area contributed by atoms with Crippen LogP contribution in [0.2, 0.25) is 10.6 Å². The molecule has 8 rings (SSSR count). The zero-order valence-corrected chi connectivity index (χ0v) is 41.5. The van der Waals surface area contributed by atoms with Crippen LogP contribution < -0.4 is 30.9 Å². The molecule has 73 heavy (non-hydrogen) atoms. The van der Waals surface area contributed by atoms with Gasteiger partial charge in [-0.1, -0.05) is 12.1 Å². The maximum atomic E-state index is 12.6. The summed E-state index contributed by atoms with van der Waals surface area (Å²) in [6.45, 7) is 4.32. The van der Waals surface area contributed by atoms with Crippen LogP contribution in [0, 0.1) is 5.41 Å². The number of aromatic nitrogens is 6. The Balaban J connectivity index is 0.917. The number of hydrogen-bond donors (Lipinski definition) is 8. The fraction of sp³-hybridized carbons (Fsp3) is 0.195. The van der Waals surface area contributed by atoms with Crippen LogP contribution >= 0.6 is 23.2 Å². The zero-order valence-electron chi connectivity index (χ0n) is 37.6. The Kier molecular flexibility index (Phi) is 14.6. The van der Waals surface area contributed by atoms with E-state index >= 15 is 0 Å². The number of Topliss-reactive ketones (excluding diaryl/α,β-unsaturated/α-hetero) is 1. The Morgan fingerprint density at radius 3 is 2.12 bits per heavy atom. The second-order valence-corrected chi connectivity index (χ2v) is 20.5. The minimum atomic E-state index is -4.94. The Labute approximate surface area is 423 Å². The molecule has 0 bridgehead atoms. The number of piperazine rings is 1. The molecule has 1 aliphatic carbocycles. The number of carbonyl (C=O) groups is 2. The van der Waals surface area contributed by atoms with Crippen molar-refractivity contribution in [2.75, 3.05) is 72.5 Å². The quantitative estimate of drug-likeness (QED) is 0.0434. The largest absolute Gasteiger partial charge is 0.494 e. The van der Waals surface area contributed by atoms with Crippen molar-refractivity contribution in [2.45, 2.75) is 16.7 Å². The van der Waals surface area contributed by atoms with Crippen molar-refractivity contribution >= 4 is 140 Å². The first-order valence-electron chi connectivity index (χ1n) is 20.9. The highest BCUT2D eigenvalue weighted by molar-refractivity contribution is 7.91. The van der Waals surface area contributed by atoms with Gasteiger partial charge in [-0.15, -0.1) is 5.11 Å². The molecular weight excluding hydrogens is 1060 g/mol. The number of carbonyl (C=O) groups excluding carboxylic acids is 2. The van der Waals surface area contributed by atoms with Crippen molar-refractivity contribution < 1.29 is 53.2 Å². The van der Waals surface area contributed by atoms with Gasteiger partial charge in [-0.05, 0) is 77.3 Å². The number of anilines is 7. The fourth-order valence-corrected chi connectivity index (χ4v) is 9.89. The number of methoxy groups -OCH3 is 1. The average molecular weight is 1100 g/mol. The third-order valence-electron chi connectivity index (χ3n) is 10.8. The molecule has 32 heteroatoms. The van der Waals surface area contributed by atoms with Crippen LogP contribution in [0.1, 0.15) is 22.8 Å². The number of hydrogen-bond acceptors (Lipinski definition) is 23. The monoisotopic (exact) mass is 1100 g/mol. The number of halogens is 2. The molecule has 8 N–H and O–H groups in total. The average Bonchev–Trinajstić information content (AvgIpc) is 3.30. The highest BCUT2D eigenvalue weighted by Crippen LogP contribution is 2.40. The van der Waals surface area contributed by atoms with Crippen molar-refractivity contribution in [1.82, 2.24) is 34.8 Å². The summed E-state index contributed by atoms with van der Waals surface area (Å²) in [6, 6.07) is 12.7. The van der Waals surface area contributed by atoms with Crippen molar-refractivity contribution in [1.29, 1.82) is 5.41 Å². The van der Waals surface area contributed by atoms with Gasteiger partial charge in [0.25, 0.3) is 30.4 Å². The van der Waals surface area contributed by atoms with Crippen LogP contribution in [0.15, 0.2) is 85.6 Å². The molecule has 1 amide bonds. The summed E-state index contributed by atoms with van der Waals surface area (Å²) in [5, 5.41) is 27.0. The number of nitrogens with zero attached hydrogens (tertiary/aromatic N) is 10. The number of ketones is 1. The van der Waals surface area contributed by atoms with E-state index in [-0.39, 0.29) is 84.8 Å². The molecule has 1 aliphatic heterocycles. The molecule has 27 nitrogen and oxygen atoms in total. The third kappa shape index (κ3) is 12.1. The summed E-state index contributed by atoms with van der Waals surface area (Å²) in [4.78, 5) is 52.5. The zero-order chi connectivity index (χ0) is 52.6. The predicted octanol–water partition coefficient (Wildman–Crippen LogP) is 5.56. The van der Waals surface area contributed by atoms with Gasteiger partial charge in [-0.3, -0.25) is 33.6 Å². The SMILES string of the molecule is COc1cc(N=Nc2cc(S(=O)(=O)O)c3cccc(S(=O)(=O)O)c3c2)c(NC(C)=O)cc1Nc1nc(Cl)nc(NCCN2CCN(c3nc(Cl)nc(Nc4ccc5c(c4)C=C(S(=O)(=O)O)C(=N)C5=O)n3)CC2)n1. The molecule has 0 spiro atoms. The maximum absolute atomic E-state index is 12.6. The minimum absolute atomic E-state index is 0.0171. The second kappa shape index (κ2) is 20.6. The van der Waals surface area contributed by atoms with Crippen LogP contribution in [0.5, 0.6) is 5.75 Å². The topological polar surface area (TPSA) is 387 Å². The molecule has 6 aromatic rings. The summed E-state index contributed by atoms with van der Waals surface area (Å²) in [7, 11) is -13.3. The summed E-state index contributed by atoms with van der Waals surface area (Å²) >= 11 is 12.6. The molecule has 2 aromatic heterocycles. The van der Waals surface area contributed by atoms with E-state index in [1.54, 1.807) is 0 Å². The molecule has 1 fully saturated rings. The van der Waals surface area contributed by atoms with Gasteiger partial charge in [0, 0.05) is 74.3 Å². The van der Waals surface area contributed by atoms with E-state index < -0.39 is 62.5 Å². The van der Waals surface area contributed by atoms with E-state index in [1.165, 1.54) is 56.5 Å². The van der Waals surface area contributed by atoms with Crippen LogP contribution in [0.25, 0.3) is 16.8 Å². The molecule has 0 unspecified atom stereocenters. The lowest BCUT2D eigenvalue weighted by molar-refractivity contribution is -0.114. The van der Waals surface area contributed by atoms with Crippen molar-refractivity contribution in [3.63, 3.8) is 0 Å². The minimum Gasteiger partial charge on any atom is -0.494 e. The van der Waals surface area contributed by atoms with Gasteiger partial charge in [0.2, 0.25) is 46.1 Å². The summed E-state index contributed by atoms with van der Waals surface area (Å²) in [6.07, 6.45) is 1.03. The number of rotatable bonds is 16. The van der Waals surface area contributed by atoms with Crippen LogP contribution in [-0.4, -0.2) is 137 Å². The smallest absolute Gasteiger partial charge is 0.296 e. The lowest BCUT2D eigenvalue weighted by Gasteiger charge is -2.34. The van der Waals surface area contributed by atoms with Crippen molar-refractivity contribution in [3.8, 4) is 5.75 Å². The number of nitrogens with one attached hydrogen (secondary N) is 5. The van der Waals surface area contributed by atoms with Gasteiger partial charge in [-0.2, -0.15) is 60.3 Å². The normalized spacial score (nSPS) is 14.5. The number of ether oxygens (including phenoxy) is 1. The molecular formula is C41H37Cl2N15O12S3. The van der Waals surface area contributed by atoms with Gasteiger partial charge in [0.1, 0.15) is 31.8 Å². The molecule has 0 saturated carbocycles. The van der Waals surface area contributed by atoms with Gasteiger partial charge >= 0.3 is 0 Å². The van der Waals surface area contributed by atoms with Crippen LogP contribution in [0.3, 0.4) is 0 Å². The van der Waals surface area contributed by atoms with Gasteiger partial charge in [0.15, 0.2) is 0 Å². The predicted molar refractivity (Wildman–Crippen MR) is 266 cm³/mol. The van der Waals surface area contributed by atoms with E-state index in [0.717, 1.165) is 24.3 Å². The summed E-state index contributed by atoms with van der Waals surface area (Å²) in [5.41, 5.74) is -0.252. The highest BCUT2D eigenvalue weighted by atomic mass is 35.5. The lowest BCUT2D eigenvalue weighted by atomic mass is 9.94. The Morgan fingerprint density at radius 1 is 0.767 bits per heavy atom. The first-order valence-corrected chi connectivity index (χ1v) is 26.0. The first kappa shape index (κ1) is 51.9. The van der Waals surface area contributed by atoms with E-state index in [0.29, 0.717) is 45.0 Å². The number of azo groups is 1. The molecule has 0 radical (unpaired) electrons. The first-order chi connectivity index (χ1) is 34.4. The summed E-state index contributed by atoms with van der Waals surface area (Å²) < 4.78 is 107. The third-order valence-corrected chi connectivity index (χ3v) is 13.8. The molecule has 2 aliphatic rings. The van der Waals surface area contributed by atoms with E-state index in [1.807, 2.05) is 4.90 Å². The lowest BCUT2D eigenvalue weighted by Crippen LogP contribution is -2.48. The van der Waals surface area contributed by atoms with Crippen LogP contribution in [0.4, 0.5) is 52.2 Å². The Bertz CT molecular complexity index is 3690. The van der Waals surface area contributed by atoms with E-state index in [9.17, 15) is 48.5 Å². The number of fused-ring (bicyclic) bond motifs is 2. The van der Waals surface area contributed by atoms with Gasteiger partial charge in [0.05, 0.1) is 24.2 Å². The molecule has 380 valence electrons. The van der Waals surface area contributed by atoms with E-state index in [2.05, 4.69) is 66.3 Å². The van der Waals surface area contributed by atoms with Gasteiger partial charge in [-0.25, -0.2) is 0 Å². The fourth-order valence-electron chi connectivity index (χ4n) is 7.52. The number of benzene rings is 4. The molecule has 0 atom stereocenters. The molecule has 4 aromatic carbocycles. The number of allylic oxidation sites excluding steroid dienone is 1. The molecule has 3 heterocycles. The highest BCUT2D eigenvalue weighted by Gasteiger charge is 2.32.